The molecule has 2 aromatic rings. The lowest BCUT2D eigenvalue weighted by atomic mass is 10.2. The van der Waals surface area contributed by atoms with E-state index in [1.54, 1.807) is 7.11 Å². The number of rotatable bonds is 8. The van der Waals surface area contributed by atoms with Crippen molar-refractivity contribution in [3.8, 4) is 0 Å². The molecule has 2 rings (SSSR count). The lowest BCUT2D eigenvalue weighted by molar-refractivity contribution is -0.121. The number of hydrogen-bond donors (Lipinski definition) is 2. The minimum atomic E-state index is 0.0328. The number of nitrogens with one attached hydrogen (secondary N) is 2. The molecule has 0 unspecified atom stereocenters. The van der Waals surface area contributed by atoms with Gasteiger partial charge in [-0.05, 0) is 6.07 Å². The molecular formula is C15H22N4O2. The number of methoxy groups -OCH3 is 1. The highest BCUT2D eigenvalue weighted by molar-refractivity contribution is 5.81. The third-order valence-corrected chi connectivity index (χ3v) is 3.28. The maximum Gasteiger partial charge on any atom is 0.221 e. The summed E-state index contributed by atoms with van der Waals surface area (Å²) in [6.07, 6.45) is 0.453. The lowest BCUT2D eigenvalue weighted by Gasteiger charge is -2.05. The molecule has 1 aromatic carbocycles. The van der Waals surface area contributed by atoms with E-state index in [-0.39, 0.29) is 5.91 Å². The number of nitrogens with zero attached hydrogens (tertiary/aromatic N) is 2. The zero-order valence-electron chi connectivity index (χ0n) is 12.6. The smallest absolute Gasteiger partial charge is 0.221 e. The van der Waals surface area contributed by atoms with E-state index in [0.717, 1.165) is 16.6 Å². The summed E-state index contributed by atoms with van der Waals surface area (Å²) < 4.78 is 6.76. The van der Waals surface area contributed by atoms with Crippen LogP contribution in [0.3, 0.4) is 0 Å². The molecular weight excluding hydrogens is 268 g/mol. The van der Waals surface area contributed by atoms with Gasteiger partial charge >= 0.3 is 0 Å². The molecule has 0 saturated heterocycles. The van der Waals surface area contributed by atoms with Crippen LogP contribution in [0.2, 0.25) is 0 Å². The molecule has 0 fully saturated rings. The van der Waals surface area contributed by atoms with Crippen LogP contribution in [-0.2, 0) is 23.1 Å². The minimum Gasteiger partial charge on any atom is -0.383 e. The first-order valence-electron chi connectivity index (χ1n) is 7.09. The van der Waals surface area contributed by atoms with E-state index in [9.17, 15) is 4.79 Å². The predicted octanol–water partition coefficient (Wildman–Crippen LogP) is 0.816. The quantitative estimate of drug-likeness (QED) is 0.706. The molecule has 1 amide bonds. The Morgan fingerprint density at radius 2 is 2.14 bits per heavy atom. The van der Waals surface area contributed by atoms with Gasteiger partial charge in [0.2, 0.25) is 5.91 Å². The maximum absolute atomic E-state index is 11.5. The molecule has 1 heterocycles. The Hall–Kier alpha value is -1.92. The molecule has 114 valence electrons. The van der Waals surface area contributed by atoms with Crippen molar-refractivity contribution in [1.82, 2.24) is 20.4 Å². The summed E-state index contributed by atoms with van der Waals surface area (Å²) in [7, 11) is 3.56. The predicted molar refractivity (Wildman–Crippen MR) is 81.9 cm³/mol. The second kappa shape index (κ2) is 7.75. The average molecular weight is 290 g/mol. The van der Waals surface area contributed by atoms with Gasteiger partial charge in [-0.3, -0.25) is 9.48 Å². The number of carbonyl (C=O) groups is 1. The van der Waals surface area contributed by atoms with Crippen molar-refractivity contribution in [2.45, 2.75) is 13.0 Å². The summed E-state index contributed by atoms with van der Waals surface area (Å²) in [5, 5.41) is 11.7. The second-order valence-electron chi connectivity index (χ2n) is 4.86. The highest BCUT2D eigenvalue weighted by Crippen LogP contribution is 2.16. The molecule has 6 nitrogen and oxygen atoms in total. The number of carbonyl (C=O) groups excluding carboxylic acids is 1. The largest absolute Gasteiger partial charge is 0.383 e. The van der Waals surface area contributed by atoms with E-state index in [0.29, 0.717) is 32.7 Å². The fraction of sp³-hybridized carbons (Fsp3) is 0.467. The Morgan fingerprint density at radius 1 is 1.33 bits per heavy atom. The van der Waals surface area contributed by atoms with Crippen molar-refractivity contribution in [2.75, 3.05) is 26.8 Å². The number of hydrogen-bond acceptors (Lipinski definition) is 4. The van der Waals surface area contributed by atoms with Gasteiger partial charge in [0.1, 0.15) is 0 Å². The van der Waals surface area contributed by atoms with Crippen LogP contribution in [0.15, 0.2) is 24.3 Å². The van der Waals surface area contributed by atoms with Gasteiger partial charge in [0, 0.05) is 45.6 Å². The van der Waals surface area contributed by atoms with Gasteiger partial charge in [0.25, 0.3) is 0 Å². The van der Waals surface area contributed by atoms with Crippen molar-refractivity contribution in [1.29, 1.82) is 0 Å². The van der Waals surface area contributed by atoms with Crippen LogP contribution in [0.5, 0.6) is 0 Å². The topological polar surface area (TPSA) is 68.2 Å². The number of aromatic nitrogens is 2. The van der Waals surface area contributed by atoms with E-state index < -0.39 is 0 Å². The highest BCUT2D eigenvalue weighted by atomic mass is 16.5. The molecule has 0 aliphatic heterocycles. The summed E-state index contributed by atoms with van der Waals surface area (Å²) in [4.78, 5) is 11.5. The number of para-hydroxylation sites is 1. The normalized spacial score (nSPS) is 11.0. The van der Waals surface area contributed by atoms with Crippen molar-refractivity contribution in [3.05, 3.63) is 30.0 Å². The Bertz CT molecular complexity index is 594. The zero-order chi connectivity index (χ0) is 15.1. The van der Waals surface area contributed by atoms with Gasteiger partial charge in [-0.2, -0.15) is 5.10 Å². The first-order chi connectivity index (χ1) is 10.2. The third kappa shape index (κ3) is 4.27. The van der Waals surface area contributed by atoms with Crippen LogP contribution >= 0.6 is 0 Å². The number of fused-ring (bicyclic) bond motifs is 1. The molecule has 0 spiro atoms. The zero-order valence-corrected chi connectivity index (χ0v) is 12.6. The summed E-state index contributed by atoms with van der Waals surface area (Å²) >= 11 is 0. The van der Waals surface area contributed by atoms with Gasteiger partial charge in [-0.25, -0.2) is 0 Å². The lowest BCUT2D eigenvalue weighted by Crippen LogP contribution is -2.30. The van der Waals surface area contributed by atoms with Crippen molar-refractivity contribution in [3.63, 3.8) is 0 Å². The Balaban J connectivity index is 1.77. The standard InChI is InChI=1S/C15H22N4O2/c1-19-14-6-4-3-5-12(14)13(18-19)11-16-8-7-15(20)17-9-10-21-2/h3-6,16H,7-11H2,1-2H3,(H,17,20). The van der Waals surface area contributed by atoms with Gasteiger partial charge in [-0.1, -0.05) is 18.2 Å². The van der Waals surface area contributed by atoms with Crippen LogP contribution < -0.4 is 10.6 Å². The van der Waals surface area contributed by atoms with Crippen LogP contribution in [0.4, 0.5) is 0 Å². The molecule has 21 heavy (non-hydrogen) atoms. The first kappa shape index (κ1) is 15.5. The van der Waals surface area contributed by atoms with Crippen LogP contribution in [-0.4, -0.2) is 42.5 Å². The number of ether oxygens (including phenoxy) is 1. The van der Waals surface area contributed by atoms with Crippen molar-refractivity contribution < 1.29 is 9.53 Å². The molecule has 0 bridgehead atoms. The molecule has 0 aliphatic rings. The molecule has 0 saturated carbocycles. The van der Waals surface area contributed by atoms with Crippen LogP contribution in [0, 0.1) is 0 Å². The summed E-state index contributed by atoms with van der Waals surface area (Å²) in [6, 6.07) is 8.13. The van der Waals surface area contributed by atoms with Gasteiger partial charge < -0.3 is 15.4 Å². The molecule has 2 N–H and O–H groups in total. The van der Waals surface area contributed by atoms with Crippen molar-refractivity contribution >= 4 is 16.8 Å². The Morgan fingerprint density at radius 3 is 2.95 bits per heavy atom. The summed E-state index contributed by atoms with van der Waals surface area (Å²) in [5.74, 6) is 0.0328. The first-order valence-corrected chi connectivity index (χ1v) is 7.09. The van der Waals surface area contributed by atoms with Crippen molar-refractivity contribution in [2.24, 2.45) is 7.05 Å². The summed E-state index contributed by atoms with van der Waals surface area (Å²) in [5.41, 5.74) is 2.12. The van der Waals surface area contributed by atoms with E-state index in [4.69, 9.17) is 4.74 Å². The monoisotopic (exact) mass is 290 g/mol. The molecule has 1 aromatic heterocycles. The average Bonchev–Trinajstić information content (AvgIpc) is 2.81. The number of benzene rings is 1. The second-order valence-corrected chi connectivity index (χ2v) is 4.86. The fourth-order valence-electron chi connectivity index (χ4n) is 2.21. The molecule has 0 atom stereocenters. The third-order valence-electron chi connectivity index (χ3n) is 3.28. The van der Waals surface area contributed by atoms with Crippen LogP contribution in [0.25, 0.3) is 10.9 Å². The molecule has 0 aliphatic carbocycles. The number of aryl methyl sites for hydroxylation is 1. The minimum absolute atomic E-state index is 0.0328. The van der Waals surface area contributed by atoms with E-state index >= 15 is 0 Å². The van der Waals surface area contributed by atoms with Gasteiger partial charge in [0.05, 0.1) is 17.8 Å². The van der Waals surface area contributed by atoms with Crippen LogP contribution in [0.1, 0.15) is 12.1 Å². The fourth-order valence-corrected chi connectivity index (χ4v) is 2.21. The molecule has 6 heteroatoms. The Kier molecular flexibility index (Phi) is 5.71. The van der Waals surface area contributed by atoms with Gasteiger partial charge in [0.15, 0.2) is 0 Å². The summed E-state index contributed by atoms with van der Waals surface area (Å²) in [6.45, 7) is 2.38. The Labute approximate surface area is 124 Å². The van der Waals surface area contributed by atoms with E-state index in [1.165, 1.54) is 0 Å². The maximum atomic E-state index is 11.5. The number of amides is 1. The van der Waals surface area contributed by atoms with Gasteiger partial charge in [-0.15, -0.1) is 0 Å². The van der Waals surface area contributed by atoms with E-state index in [2.05, 4.69) is 27.9 Å². The highest BCUT2D eigenvalue weighted by Gasteiger charge is 2.07. The molecule has 0 radical (unpaired) electrons. The SMILES string of the molecule is COCCNC(=O)CCNCc1nn(C)c2ccccc12. The van der Waals surface area contributed by atoms with E-state index in [1.807, 2.05) is 23.9 Å².